The first-order valence-electron chi connectivity index (χ1n) is 7.84. The molecular formula is C20H15I3O2. The van der Waals surface area contributed by atoms with E-state index in [1.54, 1.807) is 0 Å². The molecule has 0 saturated carbocycles. The number of carbonyl (C=O) groups excluding carboxylic acids is 1. The molecule has 0 atom stereocenters. The number of hydrogen-bond donors (Lipinski definition) is 0. The van der Waals surface area contributed by atoms with Crippen LogP contribution in [0.3, 0.4) is 0 Å². The van der Waals surface area contributed by atoms with Crippen molar-refractivity contribution >= 4 is 84.5 Å². The van der Waals surface area contributed by atoms with E-state index >= 15 is 0 Å². The quantitative estimate of drug-likeness (QED) is 0.136. The van der Waals surface area contributed by atoms with E-state index in [1.807, 2.05) is 6.07 Å². The van der Waals surface area contributed by atoms with Gasteiger partial charge in [0.2, 0.25) is 0 Å². The molecule has 2 nitrogen and oxygen atoms in total. The van der Waals surface area contributed by atoms with Crippen LogP contribution in [0.5, 0.6) is 0 Å². The van der Waals surface area contributed by atoms with Crippen molar-refractivity contribution < 1.29 is 9.53 Å². The third-order valence-electron chi connectivity index (χ3n) is 3.92. The Balaban J connectivity index is 1.61. The largest absolute Gasteiger partial charge is 0.462 e. The molecule has 0 aliphatic rings. The average Bonchev–Trinajstić information content (AvgIpc) is 2.61. The van der Waals surface area contributed by atoms with Gasteiger partial charge in [-0.2, -0.15) is 0 Å². The van der Waals surface area contributed by atoms with Crippen molar-refractivity contribution in [1.82, 2.24) is 0 Å². The number of halogens is 3. The summed E-state index contributed by atoms with van der Waals surface area (Å²) in [5.74, 6) is -0.237. The monoisotopic (exact) mass is 668 g/mol. The average molecular weight is 668 g/mol. The van der Waals surface area contributed by atoms with Gasteiger partial charge < -0.3 is 4.74 Å². The SMILES string of the molecule is O=C(OCCCc1cccc2ccccc12)c1cc(I)cc(I)c1I. The third kappa shape index (κ3) is 4.85. The summed E-state index contributed by atoms with van der Waals surface area (Å²) in [5.41, 5.74) is 1.95. The fraction of sp³-hybridized carbons (Fsp3) is 0.150. The highest BCUT2D eigenvalue weighted by Crippen LogP contribution is 2.24. The highest BCUT2D eigenvalue weighted by molar-refractivity contribution is 14.1. The van der Waals surface area contributed by atoms with Gasteiger partial charge in [-0.1, -0.05) is 42.5 Å². The summed E-state index contributed by atoms with van der Waals surface area (Å²) >= 11 is 6.68. The second kappa shape index (κ2) is 8.98. The number of aryl methyl sites for hydroxylation is 1. The normalized spacial score (nSPS) is 10.8. The lowest BCUT2D eigenvalue weighted by atomic mass is 10.0. The van der Waals surface area contributed by atoms with E-state index in [1.165, 1.54) is 16.3 Å². The van der Waals surface area contributed by atoms with Crippen LogP contribution in [0.25, 0.3) is 10.8 Å². The minimum Gasteiger partial charge on any atom is -0.462 e. The van der Waals surface area contributed by atoms with Gasteiger partial charge in [0.15, 0.2) is 0 Å². The van der Waals surface area contributed by atoms with Crippen LogP contribution in [-0.4, -0.2) is 12.6 Å². The van der Waals surface area contributed by atoms with E-state index in [-0.39, 0.29) is 5.97 Å². The summed E-state index contributed by atoms with van der Waals surface area (Å²) in [6, 6.07) is 18.7. The van der Waals surface area contributed by atoms with E-state index in [0.29, 0.717) is 12.2 Å². The standard InChI is InChI=1S/C20H15I3O2/c21-15-11-17(19(23)18(22)12-15)20(24)25-10-4-8-14-7-3-6-13-5-1-2-9-16(13)14/h1-3,5-7,9,11-12H,4,8,10H2. The van der Waals surface area contributed by atoms with Gasteiger partial charge in [-0.3, -0.25) is 0 Å². The van der Waals surface area contributed by atoms with Crippen LogP contribution in [0.2, 0.25) is 0 Å². The summed E-state index contributed by atoms with van der Waals surface area (Å²) in [4.78, 5) is 12.4. The fourth-order valence-electron chi connectivity index (χ4n) is 2.72. The molecule has 0 bridgehead atoms. The predicted octanol–water partition coefficient (Wildman–Crippen LogP) is 6.44. The van der Waals surface area contributed by atoms with Crippen LogP contribution in [0.4, 0.5) is 0 Å². The van der Waals surface area contributed by atoms with Crippen LogP contribution in [-0.2, 0) is 11.2 Å². The molecule has 0 saturated heterocycles. The molecule has 0 aromatic heterocycles. The zero-order chi connectivity index (χ0) is 17.8. The molecule has 0 spiro atoms. The molecule has 0 heterocycles. The van der Waals surface area contributed by atoms with Crippen molar-refractivity contribution in [2.45, 2.75) is 12.8 Å². The summed E-state index contributed by atoms with van der Waals surface area (Å²) in [7, 11) is 0. The lowest BCUT2D eigenvalue weighted by Gasteiger charge is -2.09. The molecule has 3 aromatic carbocycles. The van der Waals surface area contributed by atoms with Crippen LogP contribution >= 0.6 is 67.8 Å². The minimum absolute atomic E-state index is 0.237. The van der Waals surface area contributed by atoms with Gasteiger partial charge in [-0.05, 0) is 109 Å². The maximum absolute atomic E-state index is 12.4. The van der Waals surface area contributed by atoms with Crippen LogP contribution in [0, 0.1) is 10.7 Å². The number of benzene rings is 3. The molecule has 0 amide bonds. The van der Waals surface area contributed by atoms with E-state index in [2.05, 4.69) is 116 Å². The highest BCUT2D eigenvalue weighted by atomic mass is 127. The second-order valence-electron chi connectivity index (χ2n) is 5.63. The number of rotatable bonds is 5. The molecule has 5 heteroatoms. The van der Waals surface area contributed by atoms with Gasteiger partial charge in [0.25, 0.3) is 0 Å². The van der Waals surface area contributed by atoms with Crippen molar-refractivity contribution in [3.05, 3.63) is 76.4 Å². The molecule has 3 rings (SSSR count). The lowest BCUT2D eigenvalue weighted by Crippen LogP contribution is -2.10. The zero-order valence-corrected chi connectivity index (χ0v) is 19.7. The molecule has 0 aliphatic carbocycles. The third-order valence-corrected chi connectivity index (χ3v) is 7.58. The molecule has 25 heavy (non-hydrogen) atoms. The van der Waals surface area contributed by atoms with Gasteiger partial charge in [0, 0.05) is 10.7 Å². The van der Waals surface area contributed by atoms with E-state index < -0.39 is 0 Å². The first-order valence-corrected chi connectivity index (χ1v) is 11.1. The maximum Gasteiger partial charge on any atom is 0.339 e. The van der Waals surface area contributed by atoms with Gasteiger partial charge in [-0.25, -0.2) is 4.79 Å². The zero-order valence-electron chi connectivity index (χ0n) is 13.3. The Kier molecular flexibility index (Phi) is 6.95. The van der Waals surface area contributed by atoms with Crippen LogP contribution in [0.15, 0.2) is 54.6 Å². The molecule has 3 aromatic rings. The first kappa shape index (κ1) is 19.3. The Hall–Kier alpha value is -0.420. The van der Waals surface area contributed by atoms with Crippen molar-refractivity contribution in [1.29, 1.82) is 0 Å². The Morgan fingerprint density at radius 3 is 2.56 bits per heavy atom. The maximum atomic E-state index is 12.4. The molecular weight excluding hydrogens is 653 g/mol. The molecule has 0 N–H and O–H groups in total. The van der Waals surface area contributed by atoms with Gasteiger partial charge in [-0.15, -0.1) is 0 Å². The summed E-state index contributed by atoms with van der Waals surface area (Å²) in [5, 5.41) is 2.53. The van der Waals surface area contributed by atoms with Gasteiger partial charge in [0.05, 0.1) is 12.2 Å². The van der Waals surface area contributed by atoms with Crippen LogP contribution < -0.4 is 0 Å². The Labute approximate surface area is 188 Å². The van der Waals surface area contributed by atoms with E-state index in [0.717, 1.165) is 23.6 Å². The molecule has 128 valence electrons. The van der Waals surface area contributed by atoms with Crippen molar-refractivity contribution in [2.75, 3.05) is 6.61 Å². The van der Waals surface area contributed by atoms with Crippen molar-refractivity contribution in [2.24, 2.45) is 0 Å². The number of esters is 1. The van der Waals surface area contributed by atoms with Crippen LogP contribution in [0.1, 0.15) is 22.3 Å². The summed E-state index contributed by atoms with van der Waals surface area (Å²) in [6.45, 7) is 0.431. The van der Waals surface area contributed by atoms with E-state index in [4.69, 9.17) is 4.74 Å². The van der Waals surface area contributed by atoms with E-state index in [9.17, 15) is 4.79 Å². The Morgan fingerprint density at radius 1 is 0.960 bits per heavy atom. The Bertz CT molecular complexity index is 917. The van der Waals surface area contributed by atoms with Crippen molar-refractivity contribution in [3.8, 4) is 0 Å². The minimum atomic E-state index is -0.237. The highest BCUT2D eigenvalue weighted by Gasteiger charge is 2.15. The molecule has 0 fully saturated rings. The Morgan fingerprint density at radius 2 is 1.72 bits per heavy atom. The molecule has 0 unspecified atom stereocenters. The number of carbonyl (C=O) groups is 1. The number of hydrogen-bond acceptors (Lipinski definition) is 2. The van der Waals surface area contributed by atoms with Crippen molar-refractivity contribution in [3.63, 3.8) is 0 Å². The number of ether oxygens (including phenoxy) is 1. The molecule has 0 aliphatic heterocycles. The summed E-state index contributed by atoms with van der Waals surface area (Å²) < 4.78 is 8.58. The smallest absolute Gasteiger partial charge is 0.339 e. The fourth-order valence-corrected chi connectivity index (χ4v) is 5.10. The number of fused-ring (bicyclic) bond motifs is 1. The topological polar surface area (TPSA) is 26.3 Å². The lowest BCUT2D eigenvalue weighted by molar-refractivity contribution is 0.0499. The first-order chi connectivity index (χ1) is 12.1. The van der Waals surface area contributed by atoms with Gasteiger partial charge >= 0.3 is 5.97 Å². The molecule has 0 radical (unpaired) electrons. The van der Waals surface area contributed by atoms with Gasteiger partial charge in [0.1, 0.15) is 0 Å². The predicted molar refractivity (Wildman–Crippen MR) is 127 cm³/mol. The second-order valence-corrected chi connectivity index (χ2v) is 9.11. The summed E-state index contributed by atoms with van der Waals surface area (Å²) in [6.07, 6.45) is 1.72.